The van der Waals surface area contributed by atoms with Crippen LogP contribution in [-0.2, 0) is 16.6 Å². The Morgan fingerprint density at radius 3 is 2.68 bits per heavy atom. The van der Waals surface area contributed by atoms with E-state index >= 15 is 0 Å². The molecule has 1 unspecified atom stereocenters. The monoisotopic (exact) mass is 266 g/mol. The van der Waals surface area contributed by atoms with E-state index in [0.717, 1.165) is 18.7 Å². The first-order valence-corrected chi connectivity index (χ1v) is 6.81. The van der Waals surface area contributed by atoms with Crippen LogP contribution in [0.2, 0.25) is 0 Å². The molecule has 1 fully saturated rings. The van der Waals surface area contributed by atoms with Crippen molar-refractivity contribution in [1.29, 1.82) is 0 Å². The zero-order valence-corrected chi connectivity index (χ0v) is 11.8. The maximum atomic E-state index is 12.3. The summed E-state index contributed by atoms with van der Waals surface area (Å²) >= 11 is 0. The molecule has 0 saturated carbocycles. The molecule has 0 aromatic carbocycles. The van der Waals surface area contributed by atoms with Gasteiger partial charge < -0.3 is 10.1 Å². The van der Waals surface area contributed by atoms with Crippen LogP contribution < -0.4 is 5.32 Å². The SMILES string of the molecule is CC(C)C(NC(=O)C1CCOCC1)c1ncnn1C. The first-order chi connectivity index (χ1) is 9.09. The fourth-order valence-corrected chi connectivity index (χ4v) is 2.35. The fraction of sp³-hybridized carbons (Fsp3) is 0.769. The average Bonchev–Trinajstić information content (AvgIpc) is 2.82. The number of rotatable bonds is 4. The average molecular weight is 266 g/mol. The van der Waals surface area contributed by atoms with Crippen LogP contribution in [0.4, 0.5) is 0 Å². The van der Waals surface area contributed by atoms with Gasteiger partial charge in [0.2, 0.25) is 5.91 Å². The molecule has 0 bridgehead atoms. The molecule has 1 saturated heterocycles. The molecular formula is C13H22N4O2. The largest absolute Gasteiger partial charge is 0.381 e. The summed E-state index contributed by atoms with van der Waals surface area (Å²) in [6, 6.07) is -0.0946. The predicted octanol–water partition coefficient (Wildman–Crippen LogP) is 1.05. The summed E-state index contributed by atoms with van der Waals surface area (Å²) in [5.74, 6) is 1.23. The van der Waals surface area contributed by atoms with Crippen molar-refractivity contribution >= 4 is 5.91 Å². The summed E-state index contributed by atoms with van der Waals surface area (Å²) in [4.78, 5) is 16.5. The van der Waals surface area contributed by atoms with Crippen molar-refractivity contribution in [2.75, 3.05) is 13.2 Å². The van der Waals surface area contributed by atoms with Gasteiger partial charge in [0, 0.05) is 26.2 Å². The normalized spacial score (nSPS) is 18.5. The molecule has 2 heterocycles. The summed E-state index contributed by atoms with van der Waals surface area (Å²) in [7, 11) is 1.85. The molecule has 1 aromatic rings. The molecule has 2 rings (SSSR count). The molecule has 1 aromatic heterocycles. The number of ether oxygens (including phenoxy) is 1. The van der Waals surface area contributed by atoms with E-state index in [2.05, 4.69) is 29.2 Å². The second-order valence-electron chi connectivity index (χ2n) is 5.36. The van der Waals surface area contributed by atoms with Crippen molar-refractivity contribution in [2.24, 2.45) is 18.9 Å². The number of amides is 1. The molecular weight excluding hydrogens is 244 g/mol. The first kappa shape index (κ1) is 14.0. The van der Waals surface area contributed by atoms with E-state index in [-0.39, 0.29) is 23.8 Å². The molecule has 0 radical (unpaired) electrons. The maximum Gasteiger partial charge on any atom is 0.223 e. The molecule has 19 heavy (non-hydrogen) atoms. The van der Waals surface area contributed by atoms with E-state index < -0.39 is 0 Å². The molecule has 0 spiro atoms. The second-order valence-corrected chi connectivity index (χ2v) is 5.36. The van der Waals surface area contributed by atoms with Gasteiger partial charge in [-0.05, 0) is 18.8 Å². The maximum absolute atomic E-state index is 12.3. The summed E-state index contributed by atoms with van der Waals surface area (Å²) < 4.78 is 7.00. The van der Waals surface area contributed by atoms with Gasteiger partial charge in [0.25, 0.3) is 0 Å². The number of aromatic nitrogens is 3. The third-order valence-corrected chi connectivity index (χ3v) is 3.58. The van der Waals surface area contributed by atoms with Gasteiger partial charge in [-0.1, -0.05) is 13.8 Å². The Morgan fingerprint density at radius 2 is 2.16 bits per heavy atom. The van der Waals surface area contributed by atoms with E-state index in [1.807, 2.05) is 7.05 Å². The lowest BCUT2D eigenvalue weighted by atomic mass is 9.97. The smallest absolute Gasteiger partial charge is 0.223 e. The van der Waals surface area contributed by atoms with Crippen LogP contribution in [0.1, 0.15) is 38.6 Å². The number of nitrogens with one attached hydrogen (secondary N) is 1. The Balaban J connectivity index is 2.04. The minimum absolute atomic E-state index is 0.0585. The number of nitrogens with zero attached hydrogens (tertiary/aromatic N) is 3. The van der Waals surface area contributed by atoms with Gasteiger partial charge in [0.1, 0.15) is 12.2 Å². The molecule has 1 amide bonds. The highest BCUT2D eigenvalue weighted by Crippen LogP contribution is 2.21. The Morgan fingerprint density at radius 1 is 1.47 bits per heavy atom. The van der Waals surface area contributed by atoms with Crippen molar-refractivity contribution in [3.63, 3.8) is 0 Å². The quantitative estimate of drug-likeness (QED) is 0.884. The van der Waals surface area contributed by atoms with Gasteiger partial charge in [-0.25, -0.2) is 4.98 Å². The highest BCUT2D eigenvalue weighted by molar-refractivity contribution is 5.79. The lowest BCUT2D eigenvalue weighted by molar-refractivity contribution is -0.129. The molecule has 1 N–H and O–H groups in total. The zero-order valence-electron chi connectivity index (χ0n) is 11.8. The summed E-state index contributed by atoms with van der Waals surface area (Å²) in [5.41, 5.74) is 0. The Kier molecular flexibility index (Phi) is 4.52. The molecule has 1 aliphatic rings. The van der Waals surface area contributed by atoms with Crippen LogP contribution in [0.5, 0.6) is 0 Å². The predicted molar refractivity (Wildman–Crippen MR) is 70.3 cm³/mol. The number of hydrogen-bond acceptors (Lipinski definition) is 4. The van der Waals surface area contributed by atoms with E-state index in [1.165, 1.54) is 6.33 Å². The molecule has 1 aliphatic heterocycles. The number of aryl methyl sites for hydroxylation is 1. The summed E-state index contributed by atoms with van der Waals surface area (Å²) in [5, 5.41) is 7.19. The molecule has 6 nitrogen and oxygen atoms in total. The first-order valence-electron chi connectivity index (χ1n) is 6.81. The molecule has 6 heteroatoms. The van der Waals surface area contributed by atoms with Gasteiger partial charge in [-0.15, -0.1) is 0 Å². The highest BCUT2D eigenvalue weighted by atomic mass is 16.5. The highest BCUT2D eigenvalue weighted by Gasteiger charge is 2.27. The minimum atomic E-state index is -0.0946. The van der Waals surface area contributed by atoms with Gasteiger partial charge in [0.05, 0.1) is 6.04 Å². The van der Waals surface area contributed by atoms with Crippen molar-refractivity contribution in [3.8, 4) is 0 Å². The topological polar surface area (TPSA) is 69.0 Å². The van der Waals surface area contributed by atoms with E-state index in [4.69, 9.17) is 4.74 Å². The summed E-state index contributed by atoms with van der Waals surface area (Å²) in [6.07, 6.45) is 3.12. The standard InChI is InChI=1S/C13H22N4O2/c1-9(2)11(12-14-8-15-17(12)3)16-13(18)10-4-6-19-7-5-10/h8-11H,4-7H2,1-3H3,(H,16,18). The van der Waals surface area contributed by atoms with Gasteiger partial charge in [-0.2, -0.15) is 5.10 Å². The Labute approximate surface area is 113 Å². The third kappa shape index (κ3) is 3.32. The molecule has 0 aliphatic carbocycles. The Bertz CT molecular complexity index is 424. The van der Waals surface area contributed by atoms with Gasteiger partial charge in [0.15, 0.2) is 0 Å². The van der Waals surface area contributed by atoms with Crippen LogP contribution in [0, 0.1) is 11.8 Å². The number of hydrogen-bond donors (Lipinski definition) is 1. The summed E-state index contributed by atoms with van der Waals surface area (Å²) in [6.45, 7) is 5.50. The lowest BCUT2D eigenvalue weighted by Gasteiger charge is -2.26. The Hall–Kier alpha value is -1.43. The van der Waals surface area contributed by atoms with E-state index in [1.54, 1.807) is 4.68 Å². The fourth-order valence-electron chi connectivity index (χ4n) is 2.35. The van der Waals surface area contributed by atoms with E-state index in [9.17, 15) is 4.79 Å². The second kappa shape index (κ2) is 6.14. The number of carbonyl (C=O) groups excluding carboxylic acids is 1. The van der Waals surface area contributed by atoms with Crippen LogP contribution in [0.15, 0.2) is 6.33 Å². The van der Waals surface area contributed by atoms with Crippen molar-refractivity contribution in [3.05, 3.63) is 12.2 Å². The van der Waals surface area contributed by atoms with Crippen molar-refractivity contribution in [1.82, 2.24) is 20.1 Å². The molecule has 106 valence electrons. The van der Waals surface area contributed by atoms with Crippen LogP contribution >= 0.6 is 0 Å². The minimum Gasteiger partial charge on any atom is -0.381 e. The van der Waals surface area contributed by atoms with Crippen molar-refractivity contribution < 1.29 is 9.53 Å². The van der Waals surface area contributed by atoms with Crippen molar-refractivity contribution in [2.45, 2.75) is 32.7 Å². The third-order valence-electron chi connectivity index (χ3n) is 3.58. The van der Waals surface area contributed by atoms with Crippen LogP contribution in [0.25, 0.3) is 0 Å². The van der Waals surface area contributed by atoms with Crippen LogP contribution in [-0.4, -0.2) is 33.9 Å². The molecule has 1 atom stereocenters. The van der Waals surface area contributed by atoms with E-state index in [0.29, 0.717) is 13.2 Å². The van der Waals surface area contributed by atoms with Crippen LogP contribution in [0.3, 0.4) is 0 Å². The number of carbonyl (C=O) groups is 1. The zero-order chi connectivity index (χ0) is 13.8. The lowest BCUT2D eigenvalue weighted by Crippen LogP contribution is -2.39. The van der Waals surface area contributed by atoms with Gasteiger partial charge in [-0.3, -0.25) is 9.48 Å². The van der Waals surface area contributed by atoms with Gasteiger partial charge >= 0.3 is 0 Å².